The number of hydrogen-bond acceptors (Lipinski definition) is 3. The summed E-state index contributed by atoms with van der Waals surface area (Å²) in [4.78, 5) is -1.60. The predicted molar refractivity (Wildman–Crippen MR) is 62.2 cm³/mol. The van der Waals surface area contributed by atoms with Gasteiger partial charge in [-0.05, 0) is 12.8 Å². The number of nitrogens with two attached hydrogens (primary N) is 1. The fraction of sp³-hybridized carbons (Fsp3) is 0.455. The summed E-state index contributed by atoms with van der Waals surface area (Å²) >= 11 is 0. The van der Waals surface area contributed by atoms with Crippen LogP contribution >= 0.6 is 0 Å². The van der Waals surface area contributed by atoms with Crippen LogP contribution in [-0.4, -0.2) is 31.9 Å². The fourth-order valence-electron chi connectivity index (χ4n) is 2.26. The van der Waals surface area contributed by atoms with Crippen molar-refractivity contribution in [3.63, 3.8) is 0 Å². The zero-order chi connectivity index (χ0) is 15.1. The second kappa shape index (κ2) is 5.30. The second-order valence-corrected chi connectivity index (χ2v) is 6.27. The zero-order valence-corrected chi connectivity index (χ0v) is 11.1. The van der Waals surface area contributed by atoms with Gasteiger partial charge in [-0.1, -0.05) is 0 Å². The maximum atomic E-state index is 13.6. The molecule has 1 aromatic rings. The summed E-state index contributed by atoms with van der Waals surface area (Å²) in [5, 5.41) is 0. The van der Waals surface area contributed by atoms with Gasteiger partial charge >= 0.3 is 0 Å². The van der Waals surface area contributed by atoms with E-state index in [4.69, 9.17) is 5.73 Å². The van der Waals surface area contributed by atoms with Crippen LogP contribution in [-0.2, 0) is 10.0 Å². The molecule has 1 aliphatic heterocycles. The van der Waals surface area contributed by atoms with Gasteiger partial charge in [-0.2, -0.15) is 4.31 Å². The van der Waals surface area contributed by atoms with E-state index in [1.54, 1.807) is 0 Å². The summed E-state index contributed by atoms with van der Waals surface area (Å²) in [6.07, 6.45) is 0.888. The molecule has 4 nitrogen and oxygen atoms in total. The highest BCUT2D eigenvalue weighted by molar-refractivity contribution is 7.89. The van der Waals surface area contributed by atoms with Crippen LogP contribution in [0.2, 0.25) is 0 Å². The molecule has 20 heavy (non-hydrogen) atoms. The van der Waals surface area contributed by atoms with E-state index < -0.39 is 44.2 Å². The number of hydrogen-bond donors (Lipinski definition) is 1. The van der Waals surface area contributed by atoms with Gasteiger partial charge in [0.05, 0.1) is 0 Å². The van der Waals surface area contributed by atoms with E-state index >= 15 is 0 Å². The summed E-state index contributed by atoms with van der Waals surface area (Å²) in [5.74, 6) is -7.37. The number of rotatable bonds is 3. The van der Waals surface area contributed by atoms with Crippen molar-refractivity contribution in [3.05, 3.63) is 29.3 Å². The molecule has 0 saturated carbocycles. The van der Waals surface area contributed by atoms with E-state index in [9.17, 15) is 26.0 Å². The standard InChI is InChI=1S/C11H12F4N2O2S/c12-7-4-8(13)10(15)11(9(7)14)20(18,19)17-3-1-2-6(17)5-16/h4,6H,1-3,5,16H2. The third kappa shape index (κ3) is 2.29. The Balaban J connectivity index is 2.61. The van der Waals surface area contributed by atoms with E-state index in [1.807, 2.05) is 0 Å². The first-order valence-corrected chi connectivity index (χ1v) is 7.29. The lowest BCUT2D eigenvalue weighted by Crippen LogP contribution is -2.40. The van der Waals surface area contributed by atoms with Crippen molar-refractivity contribution in [2.75, 3.05) is 13.1 Å². The molecule has 9 heteroatoms. The monoisotopic (exact) mass is 312 g/mol. The van der Waals surface area contributed by atoms with Gasteiger partial charge < -0.3 is 5.73 Å². The first kappa shape index (κ1) is 15.2. The van der Waals surface area contributed by atoms with Gasteiger partial charge in [0.2, 0.25) is 10.0 Å². The van der Waals surface area contributed by atoms with Gasteiger partial charge in [0.15, 0.2) is 28.2 Å². The number of nitrogens with zero attached hydrogens (tertiary/aromatic N) is 1. The Kier molecular flexibility index (Phi) is 4.03. The Morgan fingerprint density at radius 3 is 2.25 bits per heavy atom. The smallest absolute Gasteiger partial charge is 0.249 e. The molecule has 1 fully saturated rings. The molecule has 2 rings (SSSR count). The SMILES string of the molecule is NCC1CCCN1S(=O)(=O)c1c(F)c(F)cc(F)c1F. The predicted octanol–water partition coefficient (Wildman–Crippen LogP) is 1.35. The van der Waals surface area contributed by atoms with Gasteiger partial charge in [0.25, 0.3) is 0 Å². The van der Waals surface area contributed by atoms with Crippen LogP contribution < -0.4 is 5.73 Å². The molecule has 0 aromatic heterocycles. The van der Waals surface area contributed by atoms with Crippen molar-refractivity contribution in [3.8, 4) is 0 Å². The maximum Gasteiger partial charge on any atom is 0.249 e. The molecule has 2 N–H and O–H groups in total. The van der Waals surface area contributed by atoms with Gasteiger partial charge in [0.1, 0.15) is 0 Å². The zero-order valence-electron chi connectivity index (χ0n) is 10.2. The van der Waals surface area contributed by atoms with E-state index in [1.165, 1.54) is 0 Å². The molecule has 1 atom stereocenters. The first-order valence-electron chi connectivity index (χ1n) is 5.85. The molecule has 1 aliphatic rings. The van der Waals surface area contributed by atoms with Crippen molar-refractivity contribution < 1.29 is 26.0 Å². The Morgan fingerprint density at radius 2 is 1.75 bits per heavy atom. The van der Waals surface area contributed by atoms with Gasteiger partial charge in [-0.15, -0.1) is 0 Å². The molecular weight excluding hydrogens is 300 g/mol. The molecule has 1 heterocycles. The van der Waals surface area contributed by atoms with Crippen molar-refractivity contribution >= 4 is 10.0 Å². The Hall–Kier alpha value is -1.19. The molecule has 1 aromatic carbocycles. The Labute approximate surface area is 113 Å². The third-order valence-electron chi connectivity index (χ3n) is 3.23. The van der Waals surface area contributed by atoms with Gasteiger partial charge in [-0.3, -0.25) is 0 Å². The highest BCUT2D eigenvalue weighted by Gasteiger charge is 2.39. The van der Waals surface area contributed by atoms with Crippen LogP contribution in [0.3, 0.4) is 0 Å². The van der Waals surface area contributed by atoms with Crippen molar-refractivity contribution in [1.29, 1.82) is 0 Å². The minimum absolute atomic E-state index is 0.00120. The van der Waals surface area contributed by atoms with Crippen molar-refractivity contribution in [1.82, 2.24) is 4.31 Å². The lowest BCUT2D eigenvalue weighted by atomic mass is 10.2. The van der Waals surface area contributed by atoms with Gasteiger partial charge in [-0.25, -0.2) is 26.0 Å². The Morgan fingerprint density at radius 1 is 1.20 bits per heavy atom. The summed E-state index contributed by atoms with van der Waals surface area (Å²) in [5.41, 5.74) is 5.39. The lowest BCUT2D eigenvalue weighted by Gasteiger charge is -2.23. The summed E-state index contributed by atoms with van der Waals surface area (Å²) < 4.78 is 78.7. The lowest BCUT2D eigenvalue weighted by molar-refractivity contribution is 0.374. The molecule has 0 amide bonds. The minimum Gasteiger partial charge on any atom is -0.329 e. The second-order valence-electron chi connectivity index (χ2n) is 4.44. The average Bonchev–Trinajstić information content (AvgIpc) is 2.85. The topological polar surface area (TPSA) is 63.4 Å². The van der Waals surface area contributed by atoms with Crippen molar-refractivity contribution in [2.24, 2.45) is 5.73 Å². The molecule has 0 bridgehead atoms. The highest BCUT2D eigenvalue weighted by Crippen LogP contribution is 2.30. The van der Waals surface area contributed by atoms with E-state index in [2.05, 4.69) is 0 Å². The molecular formula is C11H12F4N2O2S. The van der Waals surface area contributed by atoms with Crippen LogP contribution in [0.1, 0.15) is 12.8 Å². The summed E-state index contributed by atoms with van der Waals surface area (Å²) in [7, 11) is -4.68. The summed E-state index contributed by atoms with van der Waals surface area (Å²) in [6, 6.07) is -0.668. The quantitative estimate of drug-likeness (QED) is 0.677. The molecule has 112 valence electrons. The summed E-state index contributed by atoms with van der Waals surface area (Å²) in [6.45, 7) is -0.0402. The largest absolute Gasteiger partial charge is 0.329 e. The first-order chi connectivity index (χ1) is 9.30. The van der Waals surface area contributed by atoms with E-state index in [0.29, 0.717) is 12.8 Å². The fourth-order valence-corrected chi connectivity index (χ4v) is 4.09. The number of halogens is 4. The maximum absolute atomic E-state index is 13.6. The van der Waals surface area contributed by atoms with Gasteiger partial charge in [0, 0.05) is 25.2 Å². The molecule has 0 aliphatic carbocycles. The van der Waals surface area contributed by atoms with Crippen molar-refractivity contribution in [2.45, 2.75) is 23.8 Å². The normalized spacial score (nSPS) is 20.6. The Bertz CT molecular complexity index is 610. The molecule has 0 radical (unpaired) electrons. The number of benzene rings is 1. The van der Waals surface area contributed by atoms with Crippen LogP contribution in [0, 0.1) is 23.3 Å². The molecule has 1 saturated heterocycles. The van der Waals surface area contributed by atoms with E-state index in [-0.39, 0.29) is 19.2 Å². The molecule has 0 spiro atoms. The number of sulfonamides is 1. The van der Waals surface area contributed by atoms with Crippen LogP contribution in [0.25, 0.3) is 0 Å². The average molecular weight is 312 g/mol. The van der Waals surface area contributed by atoms with E-state index in [0.717, 1.165) is 4.31 Å². The van der Waals surface area contributed by atoms with Crippen LogP contribution in [0.5, 0.6) is 0 Å². The third-order valence-corrected chi connectivity index (χ3v) is 5.21. The highest BCUT2D eigenvalue weighted by atomic mass is 32.2. The van der Waals surface area contributed by atoms with Crippen LogP contribution in [0.15, 0.2) is 11.0 Å². The van der Waals surface area contributed by atoms with Crippen LogP contribution in [0.4, 0.5) is 17.6 Å². The minimum atomic E-state index is -4.68. The molecule has 1 unspecified atom stereocenters.